The lowest BCUT2D eigenvalue weighted by Crippen LogP contribution is -2.20. The van der Waals surface area contributed by atoms with Crippen LogP contribution in [0.2, 0.25) is 0 Å². The summed E-state index contributed by atoms with van der Waals surface area (Å²) in [7, 11) is 5.50. The number of ether oxygens (including phenoxy) is 2. The van der Waals surface area contributed by atoms with E-state index in [1.54, 1.807) is 19.2 Å². The van der Waals surface area contributed by atoms with Gasteiger partial charge in [0, 0.05) is 11.9 Å². The Labute approximate surface area is 133 Å². The maximum Gasteiger partial charge on any atom is 0.264 e. The van der Waals surface area contributed by atoms with Crippen LogP contribution in [0, 0.1) is 0 Å². The summed E-state index contributed by atoms with van der Waals surface area (Å²) in [6.45, 7) is 0.646. The lowest BCUT2D eigenvalue weighted by atomic mass is 10.3. The second kappa shape index (κ2) is 7.77. The van der Waals surface area contributed by atoms with E-state index in [2.05, 4.69) is 10.3 Å². The zero-order valence-corrected chi connectivity index (χ0v) is 13.6. The third kappa shape index (κ3) is 4.71. The Bertz CT molecular complexity index is 628. The van der Waals surface area contributed by atoms with Crippen LogP contribution in [0.1, 0.15) is 5.69 Å². The first kappa shape index (κ1) is 16.3. The molecule has 118 valence electrons. The molecule has 1 aromatic heterocycles. The van der Waals surface area contributed by atoms with Gasteiger partial charge in [0.25, 0.3) is 5.91 Å². The largest absolute Gasteiger partial charge is 0.493 e. The van der Waals surface area contributed by atoms with Gasteiger partial charge in [0.15, 0.2) is 23.2 Å². The molecule has 2 rings (SSSR count). The van der Waals surface area contributed by atoms with E-state index in [1.807, 2.05) is 36.5 Å². The van der Waals surface area contributed by atoms with Gasteiger partial charge in [0.1, 0.15) is 0 Å². The fourth-order valence-electron chi connectivity index (χ4n) is 1.80. The van der Waals surface area contributed by atoms with Gasteiger partial charge in [-0.1, -0.05) is 12.1 Å². The third-order valence-corrected chi connectivity index (χ3v) is 3.51. The molecular formula is C15H19N3O3S. The SMILES string of the molecule is COc1ccccc1OCC(=O)Nc1nc(CN(C)C)cs1. The smallest absolute Gasteiger partial charge is 0.264 e. The van der Waals surface area contributed by atoms with Crippen LogP contribution >= 0.6 is 11.3 Å². The second-order valence-electron chi connectivity index (χ2n) is 4.87. The van der Waals surface area contributed by atoms with Gasteiger partial charge in [-0.15, -0.1) is 11.3 Å². The van der Waals surface area contributed by atoms with Crippen LogP contribution in [-0.4, -0.2) is 43.6 Å². The van der Waals surface area contributed by atoms with Crippen molar-refractivity contribution >= 4 is 22.4 Å². The number of para-hydroxylation sites is 2. The predicted octanol–water partition coefficient (Wildman–Crippen LogP) is 2.23. The van der Waals surface area contributed by atoms with E-state index in [1.165, 1.54) is 11.3 Å². The van der Waals surface area contributed by atoms with E-state index >= 15 is 0 Å². The van der Waals surface area contributed by atoms with Crippen LogP contribution in [0.3, 0.4) is 0 Å². The zero-order chi connectivity index (χ0) is 15.9. The summed E-state index contributed by atoms with van der Waals surface area (Å²) >= 11 is 1.40. The first-order chi connectivity index (χ1) is 10.6. The van der Waals surface area contributed by atoms with E-state index in [4.69, 9.17) is 9.47 Å². The van der Waals surface area contributed by atoms with Crippen molar-refractivity contribution in [1.82, 2.24) is 9.88 Å². The Balaban J connectivity index is 1.86. The van der Waals surface area contributed by atoms with Crippen LogP contribution in [-0.2, 0) is 11.3 Å². The van der Waals surface area contributed by atoms with Crippen molar-refractivity contribution in [2.45, 2.75) is 6.54 Å². The minimum atomic E-state index is -0.253. The Kier molecular flexibility index (Phi) is 5.74. The first-order valence-corrected chi connectivity index (χ1v) is 7.61. The molecule has 1 heterocycles. The Morgan fingerprint density at radius 2 is 2.05 bits per heavy atom. The number of nitrogens with one attached hydrogen (secondary N) is 1. The average molecular weight is 321 g/mol. The quantitative estimate of drug-likeness (QED) is 0.847. The fourth-order valence-corrected chi connectivity index (χ4v) is 2.52. The second-order valence-corrected chi connectivity index (χ2v) is 5.73. The predicted molar refractivity (Wildman–Crippen MR) is 86.6 cm³/mol. The average Bonchev–Trinajstić information content (AvgIpc) is 2.91. The Morgan fingerprint density at radius 3 is 2.73 bits per heavy atom. The highest BCUT2D eigenvalue weighted by molar-refractivity contribution is 7.13. The van der Waals surface area contributed by atoms with Gasteiger partial charge >= 0.3 is 0 Å². The van der Waals surface area contributed by atoms with Gasteiger partial charge in [0.05, 0.1) is 12.8 Å². The minimum Gasteiger partial charge on any atom is -0.493 e. The van der Waals surface area contributed by atoms with E-state index in [0.717, 1.165) is 12.2 Å². The number of nitrogens with zero attached hydrogens (tertiary/aromatic N) is 2. The highest BCUT2D eigenvalue weighted by Gasteiger charge is 2.09. The number of aromatic nitrogens is 1. The number of anilines is 1. The van der Waals surface area contributed by atoms with Crippen molar-refractivity contribution in [3.8, 4) is 11.5 Å². The molecule has 1 N–H and O–H groups in total. The van der Waals surface area contributed by atoms with Gasteiger partial charge in [0.2, 0.25) is 0 Å². The molecule has 0 saturated carbocycles. The number of amides is 1. The molecule has 0 spiro atoms. The van der Waals surface area contributed by atoms with E-state index in [-0.39, 0.29) is 12.5 Å². The van der Waals surface area contributed by atoms with E-state index < -0.39 is 0 Å². The molecule has 0 aliphatic carbocycles. The summed E-state index contributed by atoms with van der Waals surface area (Å²) in [6.07, 6.45) is 0. The number of methoxy groups -OCH3 is 1. The molecule has 0 radical (unpaired) electrons. The summed E-state index contributed by atoms with van der Waals surface area (Å²) in [4.78, 5) is 18.3. The van der Waals surface area contributed by atoms with E-state index in [0.29, 0.717) is 16.6 Å². The summed E-state index contributed by atoms with van der Waals surface area (Å²) in [5, 5.41) is 5.23. The molecule has 0 atom stereocenters. The molecule has 0 aliphatic heterocycles. The Morgan fingerprint density at radius 1 is 1.32 bits per heavy atom. The molecule has 1 aromatic carbocycles. The van der Waals surface area contributed by atoms with Crippen molar-refractivity contribution in [3.63, 3.8) is 0 Å². The lowest BCUT2D eigenvalue weighted by molar-refractivity contribution is -0.118. The Hall–Kier alpha value is -2.12. The van der Waals surface area contributed by atoms with Crippen molar-refractivity contribution in [2.24, 2.45) is 0 Å². The standard InChI is InChI=1S/C15H19N3O3S/c1-18(2)8-11-10-22-15(16-11)17-14(19)9-21-13-7-5-4-6-12(13)20-3/h4-7,10H,8-9H2,1-3H3,(H,16,17,19). The molecule has 0 bridgehead atoms. The van der Waals surface area contributed by atoms with Crippen molar-refractivity contribution in [2.75, 3.05) is 33.1 Å². The van der Waals surface area contributed by atoms with Crippen LogP contribution in [0.4, 0.5) is 5.13 Å². The van der Waals surface area contributed by atoms with E-state index in [9.17, 15) is 4.79 Å². The van der Waals surface area contributed by atoms with Gasteiger partial charge in [-0.3, -0.25) is 10.1 Å². The van der Waals surface area contributed by atoms with Gasteiger partial charge in [-0.2, -0.15) is 0 Å². The molecule has 0 saturated heterocycles. The molecule has 0 aliphatic rings. The van der Waals surface area contributed by atoms with Crippen LogP contribution in [0.15, 0.2) is 29.6 Å². The third-order valence-electron chi connectivity index (χ3n) is 2.70. The highest BCUT2D eigenvalue weighted by atomic mass is 32.1. The van der Waals surface area contributed by atoms with Gasteiger partial charge < -0.3 is 14.4 Å². The molecule has 2 aromatic rings. The molecule has 22 heavy (non-hydrogen) atoms. The molecular weight excluding hydrogens is 302 g/mol. The lowest BCUT2D eigenvalue weighted by Gasteiger charge is -2.09. The van der Waals surface area contributed by atoms with Crippen molar-refractivity contribution in [3.05, 3.63) is 35.3 Å². The molecule has 0 unspecified atom stereocenters. The number of hydrogen-bond acceptors (Lipinski definition) is 6. The summed E-state index contributed by atoms with van der Waals surface area (Å²) < 4.78 is 10.6. The topological polar surface area (TPSA) is 63.7 Å². The van der Waals surface area contributed by atoms with Crippen molar-refractivity contribution < 1.29 is 14.3 Å². The van der Waals surface area contributed by atoms with Gasteiger partial charge in [-0.05, 0) is 26.2 Å². The fraction of sp³-hybridized carbons (Fsp3) is 0.333. The number of rotatable bonds is 7. The number of thiazole rings is 1. The van der Waals surface area contributed by atoms with Gasteiger partial charge in [-0.25, -0.2) is 4.98 Å². The minimum absolute atomic E-state index is 0.0943. The number of hydrogen-bond donors (Lipinski definition) is 1. The maximum atomic E-state index is 11.9. The number of benzene rings is 1. The molecule has 0 fully saturated rings. The molecule has 1 amide bonds. The maximum absolute atomic E-state index is 11.9. The summed E-state index contributed by atoms with van der Waals surface area (Å²) in [6, 6.07) is 7.20. The molecule has 6 nitrogen and oxygen atoms in total. The number of carbonyl (C=O) groups excluding carboxylic acids is 1. The van der Waals surface area contributed by atoms with Crippen molar-refractivity contribution in [1.29, 1.82) is 0 Å². The highest BCUT2D eigenvalue weighted by Crippen LogP contribution is 2.25. The molecule has 7 heteroatoms. The van der Waals surface area contributed by atoms with Crippen LogP contribution in [0.5, 0.6) is 11.5 Å². The number of carbonyl (C=O) groups is 1. The monoisotopic (exact) mass is 321 g/mol. The first-order valence-electron chi connectivity index (χ1n) is 6.73. The van der Waals surface area contributed by atoms with Crippen LogP contribution in [0.25, 0.3) is 0 Å². The summed E-state index contributed by atoms with van der Waals surface area (Å²) in [5.74, 6) is 0.877. The zero-order valence-electron chi connectivity index (χ0n) is 12.8. The summed E-state index contributed by atoms with van der Waals surface area (Å²) in [5.41, 5.74) is 0.927. The van der Waals surface area contributed by atoms with Crippen LogP contribution < -0.4 is 14.8 Å². The normalized spacial score (nSPS) is 10.5.